The smallest absolute Gasteiger partial charge is 0.417 e. The molecule has 1 aromatic rings. The van der Waals surface area contributed by atoms with Gasteiger partial charge in [-0.1, -0.05) is 11.6 Å². The summed E-state index contributed by atoms with van der Waals surface area (Å²) in [5.41, 5.74) is -2.03. The molecule has 0 aliphatic rings. The monoisotopic (exact) mass is 263 g/mol. The number of halogens is 4. The van der Waals surface area contributed by atoms with Gasteiger partial charge in [-0.25, -0.2) is 4.79 Å². The zero-order valence-electron chi connectivity index (χ0n) is 8.43. The lowest BCUT2D eigenvalue weighted by Gasteiger charge is -2.12. The van der Waals surface area contributed by atoms with Crippen LogP contribution in [0.2, 0.25) is 5.02 Å². The molecule has 0 fully saturated rings. The third kappa shape index (κ3) is 2.50. The van der Waals surface area contributed by atoms with Crippen LogP contribution in [0.1, 0.15) is 21.5 Å². The largest absolute Gasteiger partial charge is 0.465 e. The Labute approximate surface area is 99.4 Å². The highest BCUT2D eigenvalue weighted by molar-refractivity contribution is 6.34. The van der Waals surface area contributed by atoms with E-state index < -0.39 is 28.3 Å². The zero-order chi connectivity index (χ0) is 13.2. The Kier molecular flexibility index (Phi) is 3.63. The molecule has 0 N–H and O–H groups in total. The van der Waals surface area contributed by atoms with E-state index in [1.54, 1.807) is 6.07 Å². The summed E-state index contributed by atoms with van der Waals surface area (Å²) in [7, 11) is 0.986. The Morgan fingerprint density at radius 2 is 2.06 bits per heavy atom. The second kappa shape index (κ2) is 4.63. The molecular formula is C10H5ClF3NO2. The van der Waals surface area contributed by atoms with Gasteiger partial charge in [0.1, 0.15) is 6.07 Å². The van der Waals surface area contributed by atoms with Gasteiger partial charge in [0, 0.05) is 0 Å². The molecule has 0 bridgehead atoms. The molecule has 1 aromatic carbocycles. The number of hydrogen-bond donors (Lipinski definition) is 0. The summed E-state index contributed by atoms with van der Waals surface area (Å²) in [6, 6.07) is 3.10. The number of rotatable bonds is 1. The Morgan fingerprint density at radius 1 is 1.47 bits per heavy atom. The maximum absolute atomic E-state index is 12.5. The second-order valence-corrected chi connectivity index (χ2v) is 3.33. The molecule has 7 heteroatoms. The van der Waals surface area contributed by atoms with Gasteiger partial charge in [0.25, 0.3) is 0 Å². The first-order valence-electron chi connectivity index (χ1n) is 4.21. The van der Waals surface area contributed by atoms with Crippen LogP contribution in [0.5, 0.6) is 0 Å². The summed E-state index contributed by atoms with van der Waals surface area (Å²) in [6.07, 6.45) is -4.70. The first-order chi connectivity index (χ1) is 7.82. The summed E-state index contributed by atoms with van der Waals surface area (Å²) >= 11 is 5.48. The van der Waals surface area contributed by atoms with Crippen LogP contribution in [0.15, 0.2) is 12.1 Å². The maximum Gasteiger partial charge on any atom is 0.417 e. The highest BCUT2D eigenvalue weighted by Gasteiger charge is 2.36. The summed E-state index contributed by atoms with van der Waals surface area (Å²) < 4.78 is 41.8. The third-order valence-corrected chi connectivity index (χ3v) is 2.35. The van der Waals surface area contributed by atoms with Gasteiger partial charge in [-0.2, -0.15) is 18.4 Å². The predicted molar refractivity (Wildman–Crippen MR) is 52.5 cm³/mol. The fourth-order valence-corrected chi connectivity index (χ4v) is 1.54. The predicted octanol–water partition coefficient (Wildman–Crippen LogP) is 3.02. The highest BCUT2D eigenvalue weighted by Crippen LogP contribution is 2.37. The van der Waals surface area contributed by atoms with Crippen LogP contribution in [0.25, 0.3) is 0 Å². The van der Waals surface area contributed by atoms with Crippen LogP contribution in [0.3, 0.4) is 0 Å². The first kappa shape index (κ1) is 13.3. The number of nitriles is 1. The highest BCUT2D eigenvalue weighted by atomic mass is 35.5. The Balaban J connectivity index is 3.56. The minimum atomic E-state index is -4.70. The molecule has 0 atom stereocenters. The van der Waals surface area contributed by atoms with Crippen LogP contribution >= 0.6 is 11.6 Å². The second-order valence-electron chi connectivity index (χ2n) is 2.95. The number of esters is 1. The Hall–Kier alpha value is -1.74. The van der Waals surface area contributed by atoms with Crippen LogP contribution in [-0.4, -0.2) is 13.1 Å². The van der Waals surface area contributed by atoms with Crippen molar-refractivity contribution in [3.8, 4) is 6.07 Å². The minimum Gasteiger partial charge on any atom is -0.465 e. The van der Waals surface area contributed by atoms with Gasteiger partial charge in [-0.15, -0.1) is 0 Å². The van der Waals surface area contributed by atoms with Crippen molar-refractivity contribution >= 4 is 17.6 Å². The van der Waals surface area contributed by atoms with Crippen molar-refractivity contribution in [2.24, 2.45) is 0 Å². The van der Waals surface area contributed by atoms with Gasteiger partial charge in [0.15, 0.2) is 0 Å². The molecule has 0 saturated carbocycles. The van der Waals surface area contributed by atoms with Gasteiger partial charge in [-0.05, 0) is 12.1 Å². The van der Waals surface area contributed by atoms with E-state index in [9.17, 15) is 18.0 Å². The van der Waals surface area contributed by atoms with Crippen molar-refractivity contribution < 1.29 is 22.7 Å². The fourth-order valence-electron chi connectivity index (χ4n) is 1.19. The molecule has 0 aromatic heterocycles. The SMILES string of the molecule is COC(=O)c1c(C#N)ccc(C(F)(F)F)c1Cl. The molecule has 0 radical (unpaired) electrons. The molecule has 3 nitrogen and oxygen atoms in total. The van der Waals surface area contributed by atoms with Crippen molar-refractivity contribution in [3.05, 3.63) is 33.8 Å². The van der Waals surface area contributed by atoms with E-state index in [4.69, 9.17) is 16.9 Å². The zero-order valence-corrected chi connectivity index (χ0v) is 9.19. The van der Waals surface area contributed by atoms with Gasteiger partial charge in [0.2, 0.25) is 0 Å². The number of nitrogens with zero attached hydrogens (tertiary/aromatic N) is 1. The van der Waals surface area contributed by atoms with E-state index >= 15 is 0 Å². The molecular weight excluding hydrogens is 259 g/mol. The average molecular weight is 264 g/mol. The topological polar surface area (TPSA) is 50.1 Å². The quantitative estimate of drug-likeness (QED) is 0.732. The number of carbonyl (C=O) groups excluding carboxylic acids is 1. The van der Waals surface area contributed by atoms with Crippen molar-refractivity contribution in [3.63, 3.8) is 0 Å². The first-order valence-corrected chi connectivity index (χ1v) is 4.58. The lowest BCUT2D eigenvalue weighted by molar-refractivity contribution is -0.137. The van der Waals surface area contributed by atoms with Crippen molar-refractivity contribution in [2.45, 2.75) is 6.18 Å². The van der Waals surface area contributed by atoms with Crippen molar-refractivity contribution in [1.29, 1.82) is 5.26 Å². The molecule has 0 heterocycles. The molecule has 0 aliphatic carbocycles. The third-order valence-electron chi connectivity index (χ3n) is 1.96. The summed E-state index contributed by atoms with van der Waals surface area (Å²) in [5.74, 6) is -1.09. The number of hydrogen-bond acceptors (Lipinski definition) is 3. The average Bonchev–Trinajstić information content (AvgIpc) is 2.25. The van der Waals surface area contributed by atoms with Gasteiger partial charge >= 0.3 is 12.1 Å². The van der Waals surface area contributed by atoms with Crippen molar-refractivity contribution in [1.82, 2.24) is 0 Å². The molecule has 1 rings (SSSR count). The molecule has 0 aliphatic heterocycles. The number of carbonyl (C=O) groups is 1. The van der Waals surface area contributed by atoms with E-state index in [0.29, 0.717) is 6.07 Å². The summed E-state index contributed by atoms with van der Waals surface area (Å²) in [4.78, 5) is 11.3. The van der Waals surface area contributed by atoms with E-state index in [1.165, 1.54) is 0 Å². The Morgan fingerprint density at radius 3 is 2.47 bits per heavy atom. The molecule has 0 unspecified atom stereocenters. The molecule has 0 amide bonds. The number of alkyl halides is 3. The fraction of sp³-hybridized carbons (Fsp3) is 0.200. The number of ether oxygens (including phenoxy) is 1. The normalized spacial score (nSPS) is 10.8. The van der Waals surface area contributed by atoms with Crippen LogP contribution in [0, 0.1) is 11.3 Å². The summed E-state index contributed by atoms with van der Waals surface area (Å²) in [5, 5.41) is 7.85. The van der Waals surface area contributed by atoms with E-state index in [2.05, 4.69) is 4.74 Å². The van der Waals surface area contributed by atoms with E-state index in [0.717, 1.165) is 13.2 Å². The van der Waals surface area contributed by atoms with E-state index in [-0.39, 0.29) is 5.56 Å². The minimum absolute atomic E-state index is 0.269. The number of benzene rings is 1. The molecule has 90 valence electrons. The van der Waals surface area contributed by atoms with Gasteiger partial charge in [0.05, 0.1) is 28.8 Å². The lowest BCUT2D eigenvalue weighted by atomic mass is 10.0. The van der Waals surface area contributed by atoms with Crippen molar-refractivity contribution in [2.75, 3.05) is 7.11 Å². The van der Waals surface area contributed by atoms with Crippen LogP contribution in [0.4, 0.5) is 13.2 Å². The molecule has 0 spiro atoms. The Bertz CT molecular complexity index is 505. The maximum atomic E-state index is 12.5. The standard InChI is InChI=1S/C10H5ClF3NO2/c1-17-9(16)7-5(4-15)2-3-6(8(7)11)10(12,13)14/h2-3H,1H3. The number of methoxy groups -OCH3 is 1. The summed E-state index contributed by atoms with van der Waals surface area (Å²) in [6.45, 7) is 0. The van der Waals surface area contributed by atoms with E-state index in [1.807, 2.05) is 0 Å². The molecule has 17 heavy (non-hydrogen) atoms. The van der Waals surface area contributed by atoms with Gasteiger partial charge < -0.3 is 4.74 Å². The van der Waals surface area contributed by atoms with Crippen LogP contribution < -0.4 is 0 Å². The lowest BCUT2D eigenvalue weighted by Crippen LogP contribution is -2.12. The van der Waals surface area contributed by atoms with Gasteiger partial charge in [-0.3, -0.25) is 0 Å². The molecule has 0 saturated heterocycles. The van der Waals surface area contributed by atoms with Crippen LogP contribution in [-0.2, 0) is 10.9 Å².